The zero-order valence-electron chi connectivity index (χ0n) is 21.5. The van der Waals surface area contributed by atoms with Gasteiger partial charge in [-0.25, -0.2) is 0 Å². The predicted octanol–water partition coefficient (Wildman–Crippen LogP) is 3.25. The van der Waals surface area contributed by atoms with Gasteiger partial charge in [-0.1, -0.05) is 6.07 Å². The third-order valence-corrected chi connectivity index (χ3v) is 11.4. The average molecular weight is 504 g/mol. The van der Waals surface area contributed by atoms with Gasteiger partial charge in [-0.3, -0.25) is 19.7 Å². The zero-order chi connectivity index (χ0) is 24.9. The van der Waals surface area contributed by atoms with Crippen LogP contribution < -0.4 is 10.1 Å². The molecule has 8 aliphatic rings. The molecule has 7 nitrogen and oxygen atoms in total. The highest BCUT2D eigenvalue weighted by atomic mass is 16.5. The van der Waals surface area contributed by atoms with Crippen LogP contribution in [-0.4, -0.2) is 59.8 Å². The normalized spacial score (nSPS) is 37.6. The minimum atomic E-state index is -0.586. The summed E-state index contributed by atoms with van der Waals surface area (Å²) in [5.74, 6) is 5.10. The Bertz CT molecular complexity index is 1160. The van der Waals surface area contributed by atoms with Crippen molar-refractivity contribution in [2.24, 2.45) is 29.6 Å². The molecule has 2 saturated heterocycles. The standard InChI is InChI=1S/C30H37N3O4/c34-26-4-3-25(28(35)31-26)33-15-23-21(29(33)36)1-2-24-27(23)37-16-30(24)5-7-32(8-6-30)14-22-19-10-17-9-18(12-19)13-20(22)11-17/h1-2,17-20,22,25H,3-16H2,(H,31,34,35). The lowest BCUT2D eigenvalue weighted by molar-refractivity contribution is -0.136. The topological polar surface area (TPSA) is 79.0 Å². The van der Waals surface area contributed by atoms with E-state index < -0.39 is 6.04 Å². The number of nitrogens with one attached hydrogen (secondary N) is 1. The first-order valence-electron chi connectivity index (χ1n) is 14.6. The number of likely N-dealkylation sites (tertiary alicyclic amines) is 1. The monoisotopic (exact) mass is 503 g/mol. The van der Waals surface area contributed by atoms with Gasteiger partial charge >= 0.3 is 0 Å². The van der Waals surface area contributed by atoms with E-state index >= 15 is 0 Å². The van der Waals surface area contributed by atoms with Crippen molar-refractivity contribution >= 4 is 17.7 Å². The van der Waals surface area contributed by atoms with Gasteiger partial charge in [0.25, 0.3) is 5.91 Å². The number of fused-ring (bicyclic) bond motifs is 4. The fraction of sp³-hybridized carbons (Fsp3) is 0.700. The number of hydrogen-bond acceptors (Lipinski definition) is 5. The van der Waals surface area contributed by atoms with Crippen LogP contribution in [0.3, 0.4) is 0 Å². The van der Waals surface area contributed by atoms with Gasteiger partial charge in [-0.05, 0) is 100 Å². The Morgan fingerprint density at radius 1 is 0.973 bits per heavy atom. The number of carbonyl (C=O) groups excluding carboxylic acids is 3. The molecular weight excluding hydrogens is 466 g/mol. The van der Waals surface area contributed by atoms with Gasteiger partial charge in [-0.2, -0.15) is 0 Å². The van der Waals surface area contributed by atoms with Gasteiger partial charge in [0, 0.05) is 35.1 Å². The van der Waals surface area contributed by atoms with Crippen molar-refractivity contribution in [1.29, 1.82) is 0 Å². The molecule has 4 aliphatic carbocycles. The lowest BCUT2D eigenvalue weighted by atomic mass is 9.52. The molecule has 1 aromatic carbocycles. The SMILES string of the molecule is O=C1CCC(N2Cc3c(ccc4c3OCC43CCN(CC4C5CC6CC(C5)CC4C6)CC3)C2=O)C(=O)N1. The summed E-state index contributed by atoms with van der Waals surface area (Å²) in [6.45, 7) is 4.63. The molecule has 37 heavy (non-hydrogen) atoms. The van der Waals surface area contributed by atoms with Crippen molar-refractivity contribution < 1.29 is 19.1 Å². The Labute approximate surface area is 218 Å². The number of piperidine rings is 2. The quantitative estimate of drug-likeness (QED) is 0.641. The first-order valence-corrected chi connectivity index (χ1v) is 14.6. The molecule has 4 saturated carbocycles. The molecule has 4 heterocycles. The van der Waals surface area contributed by atoms with Crippen LogP contribution in [0.25, 0.3) is 0 Å². The van der Waals surface area contributed by atoms with Gasteiger partial charge in [0.1, 0.15) is 11.8 Å². The molecule has 9 rings (SSSR count). The first-order chi connectivity index (χ1) is 18.0. The summed E-state index contributed by atoms with van der Waals surface area (Å²) < 4.78 is 6.37. The van der Waals surface area contributed by atoms with Crippen molar-refractivity contribution in [2.45, 2.75) is 75.8 Å². The molecule has 0 aromatic heterocycles. The summed E-state index contributed by atoms with van der Waals surface area (Å²) in [5.41, 5.74) is 2.88. The molecule has 1 atom stereocenters. The van der Waals surface area contributed by atoms with Crippen LogP contribution in [0.4, 0.5) is 0 Å². The minimum Gasteiger partial charge on any atom is -0.492 e. The van der Waals surface area contributed by atoms with Crippen molar-refractivity contribution in [3.8, 4) is 5.75 Å². The second-order valence-electron chi connectivity index (χ2n) is 13.3. The van der Waals surface area contributed by atoms with Crippen LogP contribution in [0.1, 0.15) is 79.3 Å². The lowest BCUT2D eigenvalue weighted by Gasteiger charge is -2.55. The largest absolute Gasteiger partial charge is 0.492 e. The van der Waals surface area contributed by atoms with Crippen molar-refractivity contribution in [1.82, 2.24) is 15.1 Å². The number of nitrogens with zero attached hydrogens (tertiary/aromatic N) is 2. The average Bonchev–Trinajstić information content (AvgIpc) is 3.40. The van der Waals surface area contributed by atoms with E-state index in [1.54, 1.807) is 4.90 Å². The van der Waals surface area contributed by atoms with E-state index in [-0.39, 0.29) is 29.6 Å². The van der Waals surface area contributed by atoms with Crippen molar-refractivity contribution in [2.75, 3.05) is 26.2 Å². The summed E-state index contributed by atoms with van der Waals surface area (Å²) in [7, 11) is 0. The lowest BCUT2D eigenvalue weighted by Crippen LogP contribution is -2.52. The van der Waals surface area contributed by atoms with E-state index in [1.165, 1.54) is 44.2 Å². The number of carbonyl (C=O) groups is 3. The van der Waals surface area contributed by atoms with Crippen LogP contribution in [0, 0.1) is 29.6 Å². The van der Waals surface area contributed by atoms with E-state index in [2.05, 4.69) is 16.3 Å². The van der Waals surface area contributed by atoms with Gasteiger partial charge in [-0.15, -0.1) is 0 Å². The number of amides is 3. The maximum atomic E-state index is 13.2. The maximum Gasteiger partial charge on any atom is 0.255 e. The first kappa shape index (κ1) is 22.6. The number of benzene rings is 1. The molecule has 7 heteroatoms. The molecule has 4 aliphatic heterocycles. The van der Waals surface area contributed by atoms with Crippen molar-refractivity contribution in [3.63, 3.8) is 0 Å². The number of imide groups is 1. The van der Waals surface area contributed by atoms with E-state index in [4.69, 9.17) is 4.74 Å². The smallest absolute Gasteiger partial charge is 0.255 e. The minimum absolute atomic E-state index is 0.0377. The van der Waals surface area contributed by atoms with Gasteiger partial charge in [0.2, 0.25) is 11.8 Å². The zero-order valence-corrected chi connectivity index (χ0v) is 21.5. The van der Waals surface area contributed by atoms with Gasteiger partial charge < -0.3 is 14.5 Å². The number of ether oxygens (including phenoxy) is 1. The van der Waals surface area contributed by atoms with Crippen LogP contribution in [-0.2, 0) is 21.5 Å². The molecular formula is C30H37N3O4. The van der Waals surface area contributed by atoms with Crippen LogP contribution in [0.5, 0.6) is 5.75 Å². The second-order valence-corrected chi connectivity index (χ2v) is 13.3. The number of rotatable bonds is 3. The Hall–Kier alpha value is -2.41. The third kappa shape index (κ3) is 3.38. The fourth-order valence-corrected chi connectivity index (χ4v) is 9.70. The summed E-state index contributed by atoms with van der Waals surface area (Å²) in [4.78, 5) is 41.7. The van der Waals surface area contributed by atoms with E-state index in [9.17, 15) is 14.4 Å². The molecule has 1 spiro atoms. The van der Waals surface area contributed by atoms with Crippen LogP contribution in [0.2, 0.25) is 0 Å². The Morgan fingerprint density at radius 2 is 1.70 bits per heavy atom. The van der Waals surface area contributed by atoms with Crippen LogP contribution in [0.15, 0.2) is 12.1 Å². The highest BCUT2D eigenvalue weighted by molar-refractivity contribution is 6.05. The molecule has 1 N–H and O–H groups in total. The summed E-state index contributed by atoms with van der Waals surface area (Å²) in [5, 5.41) is 2.40. The highest BCUT2D eigenvalue weighted by Gasteiger charge is 2.50. The Morgan fingerprint density at radius 3 is 2.41 bits per heavy atom. The molecule has 196 valence electrons. The third-order valence-electron chi connectivity index (χ3n) is 11.4. The van der Waals surface area contributed by atoms with Gasteiger partial charge in [0.15, 0.2) is 0 Å². The maximum absolute atomic E-state index is 13.2. The molecule has 4 bridgehead atoms. The Kier molecular flexibility index (Phi) is 4.91. The second kappa shape index (κ2) is 8.05. The Balaban J connectivity index is 0.974. The van der Waals surface area contributed by atoms with E-state index in [0.717, 1.165) is 66.8 Å². The summed E-state index contributed by atoms with van der Waals surface area (Å²) >= 11 is 0. The molecule has 3 amide bonds. The predicted molar refractivity (Wildman–Crippen MR) is 136 cm³/mol. The molecule has 1 unspecified atom stereocenters. The van der Waals surface area contributed by atoms with E-state index in [1.807, 2.05) is 6.07 Å². The van der Waals surface area contributed by atoms with Crippen LogP contribution >= 0.6 is 0 Å². The highest BCUT2D eigenvalue weighted by Crippen LogP contribution is 2.57. The summed E-state index contributed by atoms with van der Waals surface area (Å²) in [6.07, 6.45) is 10.4. The van der Waals surface area contributed by atoms with Crippen molar-refractivity contribution in [3.05, 3.63) is 28.8 Å². The van der Waals surface area contributed by atoms with Gasteiger partial charge in [0.05, 0.1) is 13.2 Å². The molecule has 0 radical (unpaired) electrons. The fourth-order valence-electron chi connectivity index (χ4n) is 9.70. The molecule has 1 aromatic rings. The molecule has 6 fully saturated rings. The summed E-state index contributed by atoms with van der Waals surface area (Å²) in [6, 6.07) is 3.50. The van der Waals surface area contributed by atoms with E-state index in [0.29, 0.717) is 25.1 Å². The number of hydrogen-bond donors (Lipinski definition) is 1.